The molecule has 0 spiro atoms. The number of rotatable bonds is 4. The van der Waals surface area contributed by atoms with E-state index in [-0.39, 0.29) is 11.9 Å². The number of amides is 1. The molecule has 84 valence electrons. The Labute approximate surface area is 90.0 Å². The molecular weight excluding hydrogens is 194 g/mol. The zero-order valence-electron chi connectivity index (χ0n) is 9.03. The second-order valence-electron chi connectivity index (χ2n) is 3.65. The van der Waals surface area contributed by atoms with E-state index in [2.05, 4.69) is 5.32 Å². The quantitative estimate of drug-likeness (QED) is 0.695. The molecule has 1 heterocycles. The Bertz CT molecular complexity index is 244. The Morgan fingerprint density at radius 3 is 3.13 bits per heavy atom. The third kappa shape index (κ3) is 4.28. The maximum absolute atomic E-state index is 11.6. The lowest BCUT2D eigenvalue weighted by Crippen LogP contribution is -2.44. The lowest BCUT2D eigenvalue weighted by Gasteiger charge is -2.25. The number of nitriles is 1. The summed E-state index contributed by atoms with van der Waals surface area (Å²) in [6.07, 6.45) is 0.832. The first kappa shape index (κ1) is 12.0. The summed E-state index contributed by atoms with van der Waals surface area (Å²) in [6, 6.07) is 2.14. The Morgan fingerprint density at radius 2 is 2.53 bits per heavy atom. The predicted octanol–water partition coefficient (Wildman–Crippen LogP) is -0.263. The van der Waals surface area contributed by atoms with Crippen molar-refractivity contribution < 1.29 is 9.53 Å². The smallest absolute Gasteiger partial charge is 0.223 e. The van der Waals surface area contributed by atoms with Gasteiger partial charge in [0.1, 0.15) is 0 Å². The molecule has 1 N–H and O–H groups in total. The van der Waals surface area contributed by atoms with Crippen LogP contribution in [0.25, 0.3) is 0 Å². The minimum absolute atomic E-state index is 0.0632. The van der Waals surface area contributed by atoms with Crippen molar-refractivity contribution >= 4 is 5.91 Å². The average molecular weight is 211 g/mol. The predicted molar refractivity (Wildman–Crippen MR) is 55.1 cm³/mol. The summed E-state index contributed by atoms with van der Waals surface area (Å²) in [7, 11) is 1.73. The highest BCUT2D eigenvalue weighted by Gasteiger charge is 2.18. The van der Waals surface area contributed by atoms with Crippen LogP contribution >= 0.6 is 0 Å². The Kier molecular flexibility index (Phi) is 5.08. The monoisotopic (exact) mass is 211 g/mol. The SMILES string of the molecule is CN(CCC#N)C(=O)CC1COCCN1. The van der Waals surface area contributed by atoms with Crippen LogP contribution in [0.2, 0.25) is 0 Å². The third-order valence-electron chi connectivity index (χ3n) is 2.40. The molecule has 0 aliphatic carbocycles. The summed E-state index contributed by atoms with van der Waals surface area (Å²) in [5.74, 6) is 0.0632. The van der Waals surface area contributed by atoms with Gasteiger partial charge in [-0.3, -0.25) is 4.79 Å². The van der Waals surface area contributed by atoms with Crippen molar-refractivity contribution in [1.82, 2.24) is 10.2 Å². The number of hydrogen-bond acceptors (Lipinski definition) is 4. The molecule has 5 nitrogen and oxygen atoms in total. The molecule has 0 aromatic heterocycles. The molecule has 0 radical (unpaired) electrons. The first-order valence-corrected chi connectivity index (χ1v) is 5.16. The number of ether oxygens (including phenoxy) is 1. The standard InChI is InChI=1S/C10H17N3O2/c1-13(5-2-3-11)10(14)7-9-8-15-6-4-12-9/h9,12H,2,4-8H2,1H3. The van der Waals surface area contributed by atoms with Gasteiger partial charge in [-0.25, -0.2) is 0 Å². The van der Waals surface area contributed by atoms with Crippen molar-refractivity contribution in [3.8, 4) is 6.07 Å². The van der Waals surface area contributed by atoms with E-state index in [9.17, 15) is 4.79 Å². The van der Waals surface area contributed by atoms with Gasteiger partial charge in [0.25, 0.3) is 0 Å². The second kappa shape index (κ2) is 6.38. The van der Waals surface area contributed by atoms with E-state index < -0.39 is 0 Å². The summed E-state index contributed by atoms with van der Waals surface area (Å²) >= 11 is 0. The van der Waals surface area contributed by atoms with E-state index >= 15 is 0 Å². The number of carbonyl (C=O) groups excluding carboxylic acids is 1. The Balaban J connectivity index is 2.24. The van der Waals surface area contributed by atoms with Gasteiger partial charge in [-0.2, -0.15) is 5.26 Å². The van der Waals surface area contributed by atoms with Crippen LogP contribution in [-0.2, 0) is 9.53 Å². The van der Waals surface area contributed by atoms with Gasteiger partial charge >= 0.3 is 0 Å². The van der Waals surface area contributed by atoms with Gasteiger partial charge in [0.2, 0.25) is 5.91 Å². The molecule has 0 saturated carbocycles. The molecule has 0 aromatic carbocycles. The molecule has 0 bridgehead atoms. The number of nitrogens with zero attached hydrogens (tertiary/aromatic N) is 2. The van der Waals surface area contributed by atoms with Crippen molar-refractivity contribution in [2.45, 2.75) is 18.9 Å². The van der Waals surface area contributed by atoms with Crippen molar-refractivity contribution in [3.63, 3.8) is 0 Å². The van der Waals surface area contributed by atoms with Crippen LogP contribution in [0.1, 0.15) is 12.8 Å². The molecular formula is C10H17N3O2. The van der Waals surface area contributed by atoms with Crippen molar-refractivity contribution in [1.29, 1.82) is 5.26 Å². The Hall–Kier alpha value is -1.12. The first-order chi connectivity index (χ1) is 7.24. The fourth-order valence-electron chi connectivity index (χ4n) is 1.46. The largest absolute Gasteiger partial charge is 0.378 e. The summed E-state index contributed by atoms with van der Waals surface area (Å²) in [5.41, 5.74) is 0. The van der Waals surface area contributed by atoms with Gasteiger partial charge in [0, 0.05) is 32.6 Å². The molecule has 1 unspecified atom stereocenters. The van der Waals surface area contributed by atoms with E-state index in [4.69, 9.17) is 10.00 Å². The maximum atomic E-state index is 11.6. The number of morpholine rings is 1. The summed E-state index contributed by atoms with van der Waals surface area (Å²) in [6.45, 7) is 2.62. The van der Waals surface area contributed by atoms with Crippen LogP contribution in [0.4, 0.5) is 0 Å². The van der Waals surface area contributed by atoms with Crippen LogP contribution in [0, 0.1) is 11.3 Å². The molecule has 1 saturated heterocycles. The molecule has 0 aromatic rings. The van der Waals surface area contributed by atoms with Gasteiger partial charge in [0.05, 0.1) is 25.7 Å². The van der Waals surface area contributed by atoms with E-state index in [0.29, 0.717) is 26.0 Å². The Morgan fingerprint density at radius 1 is 1.73 bits per heavy atom. The lowest BCUT2D eigenvalue weighted by atomic mass is 10.2. The maximum Gasteiger partial charge on any atom is 0.223 e. The minimum atomic E-state index is 0.0632. The van der Waals surface area contributed by atoms with E-state index in [1.807, 2.05) is 6.07 Å². The van der Waals surface area contributed by atoms with Crippen LogP contribution < -0.4 is 5.32 Å². The zero-order valence-corrected chi connectivity index (χ0v) is 9.03. The highest BCUT2D eigenvalue weighted by Crippen LogP contribution is 2.01. The fourth-order valence-corrected chi connectivity index (χ4v) is 1.46. The molecule has 1 rings (SSSR count). The topological polar surface area (TPSA) is 65.4 Å². The molecule has 1 atom stereocenters. The van der Waals surface area contributed by atoms with Gasteiger partial charge in [-0.1, -0.05) is 0 Å². The van der Waals surface area contributed by atoms with Crippen molar-refractivity contribution in [3.05, 3.63) is 0 Å². The number of nitrogens with one attached hydrogen (secondary N) is 1. The highest BCUT2D eigenvalue weighted by atomic mass is 16.5. The lowest BCUT2D eigenvalue weighted by molar-refractivity contribution is -0.131. The van der Waals surface area contributed by atoms with Crippen LogP contribution in [0.5, 0.6) is 0 Å². The van der Waals surface area contributed by atoms with E-state index in [0.717, 1.165) is 13.2 Å². The molecule has 1 fully saturated rings. The van der Waals surface area contributed by atoms with Gasteiger partial charge < -0.3 is 15.0 Å². The average Bonchev–Trinajstić information content (AvgIpc) is 2.27. The summed E-state index contributed by atoms with van der Waals surface area (Å²) in [5, 5.41) is 11.6. The summed E-state index contributed by atoms with van der Waals surface area (Å²) < 4.78 is 5.26. The van der Waals surface area contributed by atoms with Crippen LogP contribution in [0.15, 0.2) is 0 Å². The van der Waals surface area contributed by atoms with Crippen LogP contribution in [-0.4, -0.2) is 50.2 Å². The normalized spacial score (nSPS) is 20.7. The molecule has 5 heteroatoms. The van der Waals surface area contributed by atoms with Crippen molar-refractivity contribution in [2.75, 3.05) is 33.4 Å². The van der Waals surface area contributed by atoms with Gasteiger partial charge in [0.15, 0.2) is 0 Å². The molecule has 15 heavy (non-hydrogen) atoms. The zero-order chi connectivity index (χ0) is 11.1. The third-order valence-corrected chi connectivity index (χ3v) is 2.40. The molecule has 1 aliphatic heterocycles. The van der Waals surface area contributed by atoms with E-state index in [1.165, 1.54) is 0 Å². The fraction of sp³-hybridized carbons (Fsp3) is 0.800. The summed E-state index contributed by atoms with van der Waals surface area (Å²) in [4.78, 5) is 13.2. The van der Waals surface area contributed by atoms with Gasteiger partial charge in [-0.15, -0.1) is 0 Å². The minimum Gasteiger partial charge on any atom is -0.378 e. The second-order valence-corrected chi connectivity index (χ2v) is 3.65. The number of carbonyl (C=O) groups is 1. The van der Waals surface area contributed by atoms with E-state index in [1.54, 1.807) is 11.9 Å². The highest BCUT2D eigenvalue weighted by molar-refractivity contribution is 5.76. The molecule has 1 aliphatic rings. The van der Waals surface area contributed by atoms with Crippen LogP contribution in [0.3, 0.4) is 0 Å². The number of hydrogen-bond donors (Lipinski definition) is 1. The molecule has 1 amide bonds. The van der Waals surface area contributed by atoms with Gasteiger partial charge in [-0.05, 0) is 0 Å². The first-order valence-electron chi connectivity index (χ1n) is 5.16. The van der Waals surface area contributed by atoms with Crippen molar-refractivity contribution in [2.24, 2.45) is 0 Å².